The van der Waals surface area contributed by atoms with Crippen LogP contribution in [0.5, 0.6) is 0 Å². The normalized spacial score (nSPS) is 11.8. The molecule has 0 aliphatic rings. The first-order valence-electron chi connectivity index (χ1n) is 5.58. The van der Waals surface area contributed by atoms with Gasteiger partial charge in [-0.1, -0.05) is 39.5 Å². The fourth-order valence-corrected chi connectivity index (χ4v) is 1.07. The van der Waals surface area contributed by atoms with Gasteiger partial charge >= 0.3 is 0 Å². The smallest absolute Gasteiger partial charge is 0.0873 e. The Kier molecular flexibility index (Phi) is 9.29. The first-order valence-corrected chi connectivity index (χ1v) is 5.58. The Morgan fingerprint density at radius 2 is 1.77 bits per heavy atom. The van der Waals surface area contributed by atoms with E-state index in [0.29, 0.717) is 0 Å². The summed E-state index contributed by atoms with van der Waals surface area (Å²) < 4.78 is 5.40. The zero-order valence-corrected chi connectivity index (χ0v) is 9.44. The molecule has 1 heteroatoms. The number of hydrogen-bond donors (Lipinski definition) is 0. The van der Waals surface area contributed by atoms with Crippen LogP contribution in [-0.2, 0) is 4.74 Å². The van der Waals surface area contributed by atoms with Gasteiger partial charge in [-0.05, 0) is 25.3 Å². The summed E-state index contributed by atoms with van der Waals surface area (Å²) in [6.45, 7) is 7.39. The van der Waals surface area contributed by atoms with Crippen LogP contribution in [0.25, 0.3) is 0 Å². The van der Waals surface area contributed by atoms with Crippen molar-refractivity contribution < 1.29 is 4.74 Å². The van der Waals surface area contributed by atoms with E-state index in [1.165, 1.54) is 37.7 Å². The zero-order valence-electron chi connectivity index (χ0n) is 9.44. The Morgan fingerprint density at radius 3 is 2.38 bits per heavy atom. The van der Waals surface area contributed by atoms with Crippen LogP contribution in [0.2, 0.25) is 0 Å². The van der Waals surface area contributed by atoms with E-state index in [2.05, 4.69) is 20.8 Å². The van der Waals surface area contributed by atoms with Gasteiger partial charge in [0.15, 0.2) is 0 Å². The van der Waals surface area contributed by atoms with Gasteiger partial charge in [0.05, 0.1) is 12.9 Å². The minimum atomic E-state index is 0.890. The monoisotopic (exact) mass is 184 g/mol. The summed E-state index contributed by atoms with van der Waals surface area (Å²) in [6, 6.07) is 0. The molecule has 0 aromatic rings. The molecule has 0 spiro atoms. The van der Waals surface area contributed by atoms with Gasteiger partial charge in [-0.2, -0.15) is 0 Å². The number of hydrogen-bond acceptors (Lipinski definition) is 1. The number of ether oxygens (including phenoxy) is 1. The first-order chi connectivity index (χ1) is 6.31. The average Bonchev–Trinajstić information content (AvgIpc) is 2.16. The minimum Gasteiger partial charge on any atom is -0.501 e. The predicted octanol–water partition coefficient (Wildman–Crippen LogP) is 4.29. The van der Waals surface area contributed by atoms with E-state index in [1.54, 1.807) is 0 Å². The lowest BCUT2D eigenvalue weighted by Crippen LogP contribution is -1.88. The fourth-order valence-electron chi connectivity index (χ4n) is 1.07. The highest BCUT2D eigenvalue weighted by atomic mass is 16.5. The van der Waals surface area contributed by atoms with Crippen molar-refractivity contribution in [3.63, 3.8) is 0 Å². The lowest BCUT2D eigenvalue weighted by Gasteiger charge is -2.02. The second-order valence-electron chi connectivity index (χ2n) is 3.60. The van der Waals surface area contributed by atoms with Crippen LogP contribution in [0, 0.1) is 0 Å². The van der Waals surface area contributed by atoms with Crippen LogP contribution in [0.15, 0.2) is 11.8 Å². The van der Waals surface area contributed by atoms with E-state index in [-0.39, 0.29) is 0 Å². The molecule has 13 heavy (non-hydrogen) atoms. The van der Waals surface area contributed by atoms with Crippen LogP contribution in [0.3, 0.4) is 0 Å². The molecule has 0 fully saturated rings. The van der Waals surface area contributed by atoms with Crippen molar-refractivity contribution in [3.05, 3.63) is 11.8 Å². The Balaban J connectivity index is 3.08. The highest BCUT2D eigenvalue weighted by Crippen LogP contribution is 2.03. The van der Waals surface area contributed by atoms with Crippen molar-refractivity contribution in [1.82, 2.24) is 0 Å². The molecule has 0 aromatic carbocycles. The molecule has 0 aromatic heterocycles. The SMILES string of the molecule is CCCCCCCO/C=C(\C)CC. The van der Waals surface area contributed by atoms with Crippen LogP contribution >= 0.6 is 0 Å². The minimum absolute atomic E-state index is 0.890. The third-order valence-electron chi connectivity index (χ3n) is 2.21. The summed E-state index contributed by atoms with van der Waals surface area (Å²) in [4.78, 5) is 0. The van der Waals surface area contributed by atoms with Crippen molar-refractivity contribution >= 4 is 0 Å². The summed E-state index contributed by atoms with van der Waals surface area (Å²) >= 11 is 0. The number of allylic oxidation sites excluding steroid dienone is 1. The Labute approximate surface area is 83.2 Å². The van der Waals surface area contributed by atoms with Gasteiger partial charge in [0.25, 0.3) is 0 Å². The maximum Gasteiger partial charge on any atom is 0.0873 e. The van der Waals surface area contributed by atoms with E-state index < -0.39 is 0 Å². The quantitative estimate of drug-likeness (QED) is 0.404. The fraction of sp³-hybridized carbons (Fsp3) is 0.833. The molecule has 0 rings (SSSR count). The van der Waals surface area contributed by atoms with E-state index >= 15 is 0 Å². The van der Waals surface area contributed by atoms with Gasteiger partial charge in [-0.15, -0.1) is 0 Å². The summed E-state index contributed by atoms with van der Waals surface area (Å²) in [6.07, 6.45) is 9.55. The van der Waals surface area contributed by atoms with Crippen molar-refractivity contribution in [2.45, 2.75) is 59.3 Å². The van der Waals surface area contributed by atoms with Crippen molar-refractivity contribution in [3.8, 4) is 0 Å². The highest BCUT2D eigenvalue weighted by molar-refractivity contribution is 4.90. The van der Waals surface area contributed by atoms with Gasteiger partial charge in [0.1, 0.15) is 0 Å². The number of rotatable bonds is 8. The molecule has 1 nitrogen and oxygen atoms in total. The molecule has 0 unspecified atom stereocenters. The summed E-state index contributed by atoms with van der Waals surface area (Å²) in [5.41, 5.74) is 1.33. The summed E-state index contributed by atoms with van der Waals surface area (Å²) in [5.74, 6) is 0. The van der Waals surface area contributed by atoms with E-state index in [9.17, 15) is 0 Å². The molecule has 0 N–H and O–H groups in total. The van der Waals surface area contributed by atoms with E-state index in [0.717, 1.165) is 13.0 Å². The molecule has 0 amide bonds. The summed E-state index contributed by atoms with van der Waals surface area (Å²) in [5, 5.41) is 0. The molecular formula is C12H24O. The van der Waals surface area contributed by atoms with Crippen LogP contribution in [0.1, 0.15) is 59.3 Å². The van der Waals surface area contributed by atoms with Crippen molar-refractivity contribution in [1.29, 1.82) is 0 Å². The lowest BCUT2D eigenvalue weighted by atomic mass is 10.2. The molecular weight excluding hydrogens is 160 g/mol. The van der Waals surface area contributed by atoms with Crippen LogP contribution in [0.4, 0.5) is 0 Å². The van der Waals surface area contributed by atoms with Crippen molar-refractivity contribution in [2.24, 2.45) is 0 Å². The van der Waals surface area contributed by atoms with Gasteiger partial charge in [-0.25, -0.2) is 0 Å². The molecule has 0 saturated carbocycles. The first kappa shape index (κ1) is 12.5. The van der Waals surface area contributed by atoms with Gasteiger partial charge in [0, 0.05) is 0 Å². The van der Waals surface area contributed by atoms with Crippen LogP contribution in [-0.4, -0.2) is 6.61 Å². The average molecular weight is 184 g/mol. The second-order valence-corrected chi connectivity index (χ2v) is 3.60. The molecule has 0 radical (unpaired) electrons. The molecule has 0 atom stereocenters. The standard InChI is InChI=1S/C12H24O/c1-4-6-7-8-9-10-13-11-12(3)5-2/h11H,4-10H2,1-3H3/b12-11+. The lowest BCUT2D eigenvalue weighted by molar-refractivity contribution is 0.237. The Hall–Kier alpha value is -0.460. The zero-order chi connectivity index (χ0) is 9.94. The molecule has 78 valence electrons. The third kappa shape index (κ3) is 9.45. The highest BCUT2D eigenvalue weighted by Gasteiger charge is 1.88. The maximum absolute atomic E-state index is 5.40. The molecule has 0 aliphatic heterocycles. The van der Waals surface area contributed by atoms with Crippen LogP contribution < -0.4 is 0 Å². The summed E-state index contributed by atoms with van der Waals surface area (Å²) in [7, 11) is 0. The molecule has 0 bridgehead atoms. The van der Waals surface area contributed by atoms with E-state index in [1.807, 2.05) is 6.26 Å². The van der Waals surface area contributed by atoms with Gasteiger partial charge in [0.2, 0.25) is 0 Å². The molecule has 0 saturated heterocycles. The predicted molar refractivity (Wildman–Crippen MR) is 58.8 cm³/mol. The second kappa shape index (κ2) is 9.63. The largest absolute Gasteiger partial charge is 0.501 e. The third-order valence-corrected chi connectivity index (χ3v) is 2.21. The van der Waals surface area contributed by atoms with Gasteiger partial charge in [-0.3, -0.25) is 0 Å². The van der Waals surface area contributed by atoms with Crippen molar-refractivity contribution in [2.75, 3.05) is 6.61 Å². The Morgan fingerprint density at radius 1 is 1.08 bits per heavy atom. The molecule has 0 aliphatic carbocycles. The maximum atomic E-state index is 5.40. The Bertz CT molecular complexity index is 127. The van der Waals surface area contributed by atoms with Gasteiger partial charge < -0.3 is 4.74 Å². The molecule has 0 heterocycles. The van der Waals surface area contributed by atoms with E-state index in [4.69, 9.17) is 4.74 Å². The topological polar surface area (TPSA) is 9.23 Å². The number of unbranched alkanes of at least 4 members (excludes halogenated alkanes) is 4.